The number of carbonyl (C=O) groups is 1. The van der Waals surface area contributed by atoms with Gasteiger partial charge < -0.3 is 11.1 Å². The Morgan fingerprint density at radius 2 is 2.08 bits per heavy atom. The van der Waals surface area contributed by atoms with E-state index >= 15 is 0 Å². The van der Waals surface area contributed by atoms with E-state index in [9.17, 15) is 4.79 Å². The third-order valence-electron chi connectivity index (χ3n) is 3.17. The maximum Gasteiger partial charge on any atom is 0.224 e. The fourth-order valence-corrected chi connectivity index (χ4v) is 2.01. The molecular weight excluding hydrogens is 164 g/mol. The Morgan fingerprint density at radius 1 is 1.31 bits per heavy atom. The van der Waals surface area contributed by atoms with Crippen LogP contribution in [0.4, 0.5) is 0 Å². The van der Waals surface area contributed by atoms with Crippen LogP contribution in [0.1, 0.15) is 32.1 Å². The van der Waals surface area contributed by atoms with E-state index in [4.69, 9.17) is 5.73 Å². The molecule has 2 atom stereocenters. The molecule has 0 radical (unpaired) electrons. The number of amides is 1. The van der Waals surface area contributed by atoms with Gasteiger partial charge in [-0.15, -0.1) is 0 Å². The van der Waals surface area contributed by atoms with Crippen molar-refractivity contribution in [3.63, 3.8) is 0 Å². The molecule has 3 nitrogen and oxygen atoms in total. The smallest absolute Gasteiger partial charge is 0.224 e. The molecule has 0 aliphatic heterocycles. The summed E-state index contributed by atoms with van der Waals surface area (Å²) in [6, 6.07) is 0.110. The fourth-order valence-electron chi connectivity index (χ4n) is 2.01. The Bertz CT molecular complexity index is 201. The molecule has 3 heteroatoms. The standard InChI is InChI=1S/C10H18N2O/c11-9-3-1-2-8(9)10(13)12-6-7-4-5-7/h7-9H,1-6,11H2,(H,12,13)/t8-,9+/m0/s1. The highest BCUT2D eigenvalue weighted by Crippen LogP contribution is 2.28. The van der Waals surface area contributed by atoms with Crippen molar-refractivity contribution in [3.8, 4) is 0 Å². The lowest BCUT2D eigenvalue weighted by Crippen LogP contribution is -2.39. The second kappa shape index (κ2) is 3.66. The molecule has 2 saturated carbocycles. The van der Waals surface area contributed by atoms with Crippen LogP contribution in [-0.4, -0.2) is 18.5 Å². The van der Waals surface area contributed by atoms with Crippen LogP contribution in [0.25, 0.3) is 0 Å². The van der Waals surface area contributed by atoms with Crippen molar-refractivity contribution in [2.24, 2.45) is 17.6 Å². The molecule has 0 aromatic rings. The maximum atomic E-state index is 11.6. The number of nitrogens with two attached hydrogens (primary N) is 1. The number of nitrogens with one attached hydrogen (secondary N) is 1. The lowest BCUT2D eigenvalue weighted by Gasteiger charge is -2.14. The summed E-state index contributed by atoms with van der Waals surface area (Å²) in [5.41, 5.74) is 5.84. The second-order valence-corrected chi connectivity index (χ2v) is 4.39. The molecule has 0 saturated heterocycles. The summed E-state index contributed by atoms with van der Waals surface area (Å²) >= 11 is 0. The van der Waals surface area contributed by atoms with E-state index in [1.807, 2.05) is 0 Å². The minimum Gasteiger partial charge on any atom is -0.356 e. The quantitative estimate of drug-likeness (QED) is 0.673. The normalized spacial score (nSPS) is 33.3. The Labute approximate surface area is 79.1 Å². The van der Waals surface area contributed by atoms with Gasteiger partial charge in [-0.05, 0) is 31.6 Å². The largest absolute Gasteiger partial charge is 0.356 e. The van der Waals surface area contributed by atoms with Gasteiger partial charge in [-0.2, -0.15) is 0 Å². The lowest BCUT2D eigenvalue weighted by atomic mass is 10.0. The first kappa shape index (κ1) is 9.00. The average molecular weight is 182 g/mol. The molecule has 0 aromatic heterocycles. The van der Waals surface area contributed by atoms with Gasteiger partial charge in [0.05, 0.1) is 5.92 Å². The average Bonchev–Trinajstić information content (AvgIpc) is 2.84. The highest BCUT2D eigenvalue weighted by Gasteiger charge is 2.31. The summed E-state index contributed by atoms with van der Waals surface area (Å²) in [6.45, 7) is 0.877. The maximum absolute atomic E-state index is 11.6. The number of rotatable bonds is 3. The molecule has 0 aromatic carbocycles. The molecule has 0 heterocycles. The van der Waals surface area contributed by atoms with E-state index in [0.717, 1.165) is 31.7 Å². The van der Waals surface area contributed by atoms with E-state index in [0.29, 0.717) is 0 Å². The first-order chi connectivity index (χ1) is 6.27. The zero-order valence-corrected chi connectivity index (χ0v) is 7.96. The van der Waals surface area contributed by atoms with Gasteiger partial charge in [0.2, 0.25) is 5.91 Å². The van der Waals surface area contributed by atoms with Crippen LogP contribution in [0.5, 0.6) is 0 Å². The van der Waals surface area contributed by atoms with E-state index in [2.05, 4.69) is 5.32 Å². The summed E-state index contributed by atoms with van der Waals surface area (Å²) in [5.74, 6) is 1.05. The van der Waals surface area contributed by atoms with Crippen molar-refractivity contribution in [3.05, 3.63) is 0 Å². The molecule has 1 amide bonds. The van der Waals surface area contributed by atoms with E-state index in [1.54, 1.807) is 0 Å². The third kappa shape index (κ3) is 2.21. The monoisotopic (exact) mass is 182 g/mol. The van der Waals surface area contributed by atoms with Gasteiger partial charge in [-0.1, -0.05) is 6.42 Å². The second-order valence-electron chi connectivity index (χ2n) is 4.39. The van der Waals surface area contributed by atoms with Crippen molar-refractivity contribution in [2.45, 2.75) is 38.1 Å². The molecule has 0 bridgehead atoms. The highest BCUT2D eigenvalue weighted by molar-refractivity contribution is 5.79. The van der Waals surface area contributed by atoms with Gasteiger partial charge in [-0.25, -0.2) is 0 Å². The van der Waals surface area contributed by atoms with Gasteiger partial charge in [0.1, 0.15) is 0 Å². The molecule has 2 fully saturated rings. The Morgan fingerprint density at radius 3 is 2.62 bits per heavy atom. The Hall–Kier alpha value is -0.570. The van der Waals surface area contributed by atoms with Crippen molar-refractivity contribution >= 4 is 5.91 Å². The highest BCUT2D eigenvalue weighted by atomic mass is 16.1. The zero-order chi connectivity index (χ0) is 9.26. The molecule has 0 unspecified atom stereocenters. The lowest BCUT2D eigenvalue weighted by molar-refractivity contribution is -0.125. The number of carbonyl (C=O) groups excluding carboxylic acids is 1. The van der Waals surface area contributed by atoms with Crippen LogP contribution in [-0.2, 0) is 4.79 Å². The van der Waals surface area contributed by atoms with Crippen LogP contribution < -0.4 is 11.1 Å². The Kier molecular flexibility index (Phi) is 2.54. The summed E-state index contributed by atoms with van der Waals surface area (Å²) < 4.78 is 0. The minimum absolute atomic E-state index is 0.0961. The molecule has 2 aliphatic rings. The molecule has 13 heavy (non-hydrogen) atoms. The molecule has 74 valence electrons. The summed E-state index contributed by atoms with van der Waals surface area (Å²) in [7, 11) is 0. The summed E-state index contributed by atoms with van der Waals surface area (Å²) in [4.78, 5) is 11.6. The van der Waals surface area contributed by atoms with Gasteiger partial charge in [0.25, 0.3) is 0 Å². The van der Waals surface area contributed by atoms with Crippen LogP contribution >= 0.6 is 0 Å². The van der Waals surface area contributed by atoms with Crippen molar-refractivity contribution < 1.29 is 4.79 Å². The van der Waals surface area contributed by atoms with Gasteiger partial charge in [-0.3, -0.25) is 4.79 Å². The summed E-state index contributed by atoms with van der Waals surface area (Å²) in [5, 5.41) is 3.00. The Balaban J connectivity index is 1.74. The zero-order valence-electron chi connectivity index (χ0n) is 7.96. The number of hydrogen-bond donors (Lipinski definition) is 2. The van der Waals surface area contributed by atoms with Gasteiger partial charge in [0.15, 0.2) is 0 Å². The van der Waals surface area contributed by atoms with Crippen LogP contribution in [0.2, 0.25) is 0 Å². The van der Waals surface area contributed by atoms with E-state index in [1.165, 1.54) is 12.8 Å². The molecular formula is C10H18N2O. The first-order valence-electron chi connectivity index (χ1n) is 5.30. The van der Waals surface area contributed by atoms with Crippen LogP contribution in [0.15, 0.2) is 0 Å². The van der Waals surface area contributed by atoms with Gasteiger partial charge >= 0.3 is 0 Å². The van der Waals surface area contributed by atoms with Crippen molar-refractivity contribution in [2.75, 3.05) is 6.54 Å². The number of hydrogen-bond acceptors (Lipinski definition) is 2. The molecule has 3 N–H and O–H groups in total. The van der Waals surface area contributed by atoms with Crippen molar-refractivity contribution in [1.82, 2.24) is 5.32 Å². The van der Waals surface area contributed by atoms with Crippen molar-refractivity contribution in [1.29, 1.82) is 0 Å². The van der Waals surface area contributed by atoms with E-state index < -0.39 is 0 Å². The predicted octanol–water partition coefficient (Wildman–Crippen LogP) is 0.640. The van der Waals surface area contributed by atoms with Crippen LogP contribution in [0.3, 0.4) is 0 Å². The predicted molar refractivity (Wildman–Crippen MR) is 51.1 cm³/mol. The first-order valence-corrected chi connectivity index (χ1v) is 5.30. The van der Waals surface area contributed by atoms with Gasteiger partial charge in [0, 0.05) is 12.6 Å². The minimum atomic E-state index is 0.0961. The molecule has 0 spiro atoms. The molecule has 2 aliphatic carbocycles. The van der Waals surface area contributed by atoms with E-state index in [-0.39, 0.29) is 17.9 Å². The fraction of sp³-hybridized carbons (Fsp3) is 0.900. The molecule has 2 rings (SSSR count). The summed E-state index contributed by atoms with van der Waals surface area (Å²) in [6.07, 6.45) is 5.69. The topological polar surface area (TPSA) is 55.1 Å². The third-order valence-corrected chi connectivity index (χ3v) is 3.17. The SMILES string of the molecule is N[C@@H]1CCC[C@@H]1C(=O)NCC1CC1. The van der Waals surface area contributed by atoms with Crippen LogP contribution in [0, 0.1) is 11.8 Å².